The van der Waals surface area contributed by atoms with E-state index in [2.05, 4.69) is 11.9 Å². The summed E-state index contributed by atoms with van der Waals surface area (Å²) in [5.74, 6) is 2.27. The van der Waals surface area contributed by atoms with Gasteiger partial charge in [0.25, 0.3) is 0 Å². The molecule has 0 saturated heterocycles. The van der Waals surface area contributed by atoms with E-state index < -0.39 is 5.97 Å². The Morgan fingerprint density at radius 2 is 1.93 bits per heavy atom. The van der Waals surface area contributed by atoms with Crippen molar-refractivity contribution in [3.63, 3.8) is 0 Å². The minimum atomic E-state index is -1.08. The van der Waals surface area contributed by atoms with Gasteiger partial charge >= 0.3 is 5.97 Å². The zero-order valence-corrected chi connectivity index (χ0v) is 23.0. The predicted octanol–water partition coefficient (Wildman–Crippen LogP) is 4.10. The number of aryl methyl sites for hydroxylation is 1. The van der Waals surface area contributed by atoms with Crippen LogP contribution in [0.1, 0.15) is 36.8 Å². The third-order valence-corrected chi connectivity index (χ3v) is 6.38. The van der Waals surface area contributed by atoms with Crippen molar-refractivity contribution in [2.45, 2.75) is 32.6 Å². The van der Waals surface area contributed by atoms with Crippen molar-refractivity contribution in [2.24, 2.45) is 0 Å². The van der Waals surface area contributed by atoms with Crippen LogP contribution in [0.25, 0.3) is 11.8 Å². The molecule has 2 heterocycles. The fourth-order valence-electron chi connectivity index (χ4n) is 4.29. The average Bonchev–Trinajstić information content (AvgIpc) is 3.59. The zero-order valence-electron chi connectivity index (χ0n) is 23.0. The number of imidazole rings is 1. The fourth-order valence-corrected chi connectivity index (χ4v) is 4.29. The van der Waals surface area contributed by atoms with Crippen LogP contribution in [0.2, 0.25) is 0 Å². The maximum absolute atomic E-state index is 12.5. The Labute approximate surface area is 232 Å². The monoisotopic (exact) mass is 551 g/mol. The van der Waals surface area contributed by atoms with Crippen molar-refractivity contribution in [3.8, 4) is 34.4 Å². The highest BCUT2D eigenvalue weighted by atomic mass is 16.7. The third-order valence-electron chi connectivity index (χ3n) is 6.38. The zero-order chi connectivity index (χ0) is 28.6. The summed E-state index contributed by atoms with van der Waals surface area (Å²) < 4.78 is 29.7. The highest BCUT2D eigenvalue weighted by molar-refractivity contribution is 5.92. The average molecular weight is 552 g/mol. The van der Waals surface area contributed by atoms with Gasteiger partial charge in [-0.2, -0.15) is 0 Å². The number of carbonyl (C=O) groups excluding carboxylic acids is 1. The lowest BCUT2D eigenvalue weighted by Gasteiger charge is -2.19. The van der Waals surface area contributed by atoms with Crippen molar-refractivity contribution in [1.29, 1.82) is 0 Å². The van der Waals surface area contributed by atoms with Crippen LogP contribution >= 0.6 is 0 Å². The summed E-state index contributed by atoms with van der Waals surface area (Å²) in [5.41, 5.74) is 1.96. The lowest BCUT2D eigenvalue weighted by Crippen LogP contribution is -2.22. The Morgan fingerprint density at radius 1 is 1.15 bits per heavy atom. The molecule has 0 fully saturated rings. The summed E-state index contributed by atoms with van der Waals surface area (Å²) >= 11 is 0. The number of methoxy groups -OCH3 is 2. The SMILES string of the molecule is CCCCc1ncc(/C=C(\Cc2cc3c(cc2OC)OCO3)C(=O)O)n1-c1ccc(OC)cc1OCN(C)C=O. The number of carboxylic acid groups (broad SMARTS) is 1. The molecule has 40 heavy (non-hydrogen) atoms. The molecular weight excluding hydrogens is 518 g/mol. The largest absolute Gasteiger partial charge is 0.497 e. The number of aromatic nitrogens is 2. The van der Waals surface area contributed by atoms with E-state index in [0.717, 1.165) is 18.7 Å². The van der Waals surface area contributed by atoms with E-state index in [-0.39, 0.29) is 25.5 Å². The van der Waals surface area contributed by atoms with Crippen LogP contribution in [0.5, 0.6) is 28.7 Å². The van der Waals surface area contributed by atoms with E-state index in [1.807, 2.05) is 10.6 Å². The molecule has 0 bridgehead atoms. The van der Waals surface area contributed by atoms with Gasteiger partial charge in [0, 0.05) is 43.2 Å². The maximum Gasteiger partial charge on any atom is 0.331 e. The minimum Gasteiger partial charge on any atom is -0.497 e. The number of unbranched alkanes of at least 4 members (excludes halogenated alkanes) is 1. The number of aliphatic carboxylic acids is 1. The Kier molecular flexibility index (Phi) is 9.15. The van der Waals surface area contributed by atoms with Crippen LogP contribution in [-0.4, -0.2) is 66.7 Å². The minimum absolute atomic E-state index is 0.0120. The van der Waals surface area contributed by atoms with Gasteiger partial charge in [0.2, 0.25) is 13.2 Å². The van der Waals surface area contributed by atoms with E-state index in [0.29, 0.717) is 58.5 Å². The third kappa shape index (κ3) is 6.31. The predicted molar refractivity (Wildman–Crippen MR) is 146 cm³/mol. The van der Waals surface area contributed by atoms with Crippen LogP contribution in [-0.2, 0) is 22.4 Å². The highest BCUT2D eigenvalue weighted by Gasteiger charge is 2.22. The van der Waals surface area contributed by atoms with Crippen molar-refractivity contribution < 1.29 is 38.4 Å². The molecule has 0 atom stereocenters. The molecule has 212 valence electrons. The van der Waals surface area contributed by atoms with Crippen LogP contribution in [0.4, 0.5) is 0 Å². The summed E-state index contributed by atoms with van der Waals surface area (Å²) in [6.45, 7) is 2.20. The van der Waals surface area contributed by atoms with Gasteiger partial charge in [-0.05, 0) is 30.7 Å². The second-order valence-electron chi connectivity index (χ2n) is 9.18. The Morgan fingerprint density at radius 3 is 2.60 bits per heavy atom. The number of rotatable bonds is 14. The summed E-state index contributed by atoms with van der Waals surface area (Å²) in [7, 11) is 4.68. The number of hydrogen-bond donors (Lipinski definition) is 1. The smallest absolute Gasteiger partial charge is 0.331 e. The molecule has 1 N–H and O–H groups in total. The molecule has 0 saturated carbocycles. The number of fused-ring (bicyclic) bond motifs is 1. The molecule has 11 heteroatoms. The number of amides is 1. The molecule has 0 radical (unpaired) electrons. The first-order valence-electron chi connectivity index (χ1n) is 12.8. The van der Waals surface area contributed by atoms with Gasteiger partial charge in [-0.3, -0.25) is 9.36 Å². The molecule has 0 spiro atoms. The molecule has 1 aliphatic heterocycles. The summed E-state index contributed by atoms with van der Waals surface area (Å²) in [6, 6.07) is 8.77. The van der Waals surface area contributed by atoms with E-state index in [1.54, 1.807) is 50.7 Å². The first-order chi connectivity index (χ1) is 19.4. The molecule has 1 aliphatic rings. The maximum atomic E-state index is 12.5. The van der Waals surface area contributed by atoms with Crippen molar-refractivity contribution in [2.75, 3.05) is 34.8 Å². The van der Waals surface area contributed by atoms with Gasteiger partial charge in [0.1, 0.15) is 23.1 Å². The fraction of sp³-hybridized carbons (Fsp3) is 0.345. The van der Waals surface area contributed by atoms with E-state index >= 15 is 0 Å². The van der Waals surface area contributed by atoms with E-state index in [4.69, 9.17) is 23.7 Å². The van der Waals surface area contributed by atoms with Crippen LogP contribution in [0, 0.1) is 0 Å². The summed E-state index contributed by atoms with van der Waals surface area (Å²) in [5, 5.41) is 10.2. The first kappa shape index (κ1) is 28.3. The molecule has 11 nitrogen and oxygen atoms in total. The Hall–Kier alpha value is -4.67. The topological polar surface area (TPSA) is 122 Å². The molecule has 4 rings (SSSR count). The Bertz CT molecular complexity index is 1400. The van der Waals surface area contributed by atoms with Crippen molar-refractivity contribution in [1.82, 2.24) is 14.5 Å². The van der Waals surface area contributed by atoms with Gasteiger partial charge in [-0.15, -0.1) is 0 Å². The molecule has 0 unspecified atom stereocenters. The van der Waals surface area contributed by atoms with Gasteiger partial charge < -0.3 is 33.7 Å². The van der Waals surface area contributed by atoms with Gasteiger partial charge in [0.15, 0.2) is 18.2 Å². The highest BCUT2D eigenvalue weighted by Crippen LogP contribution is 2.39. The molecule has 0 aliphatic carbocycles. The van der Waals surface area contributed by atoms with Crippen LogP contribution in [0.3, 0.4) is 0 Å². The Balaban J connectivity index is 1.80. The number of carboxylic acids is 1. The summed E-state index contributed by atoms with van der Waals surface area (Å²) in [4.78, 5) is 29.6. The molecule has 3 aromatic rings. The molecule has 2 aromatic carbocycles. The number of nitrogens with zero attached hydrogens (tertiary/aromatic N) is 3. The van der Waals surface area contributed by atoms with Crippen molar-refractivity contribution >= 4 is 18.5 Å². The van der Waals surface area contributed by atoms with E-state index in [1.165, 1.54) is 12.0 Å². The van der Waals surface area contributed by atoms with Gasteiger partial charge in [-0.25, -0.2) is 9.78 Å². The quantitative estimate of drug-likeness (QED) is 0.179. The normalized spacial score (nSPS) is 12.2. The number of hydrogen-bond acceptors (Lipinski definition) is 8. The van der Waals surface area contributed by atoms with Gasteiger partial charge in [0.05, 0.1) is 31.8 Å². The molecular formula is C29H33N3O8. The number of ether oxygens (including phenoxy) is 5. The first-order valence-corrected chi connectivity index (χ1v) is 12.8. The lowest BCUT2D eigenvalue weighted by molar-refractivity contribution is -0.132. The van der Waals surface area contributed by atoms with Crippen LogP contribution in [0.15, 0.2) is 42.1 Å². The number of carbonyl (C=O) groups is 2. The van der Waals surface area contributed by atoms with E-state index in [9.17, 15) is 14.7 Å². The van der Waals surface area contributed by atoms with Gasteiger partial charge in [-0.1, -0.05) is 13.3 Å². The second-order valence-corrected chi connectivity index (χ2v) is 9.18. The molecule has 1 aromatic heterocycles. The standard InChI is InChI=1S/C29H33N3O8/c1-5-6-7-28-30-15-21(32(28)23-9-8-22(36-3)13-25(23)38-17-31(2)16-33)11-20(29(34)35)10-19-12-26-27(40-18-39-26)14-24(19)37-4/h8-9,11-16H,5-7,10,17-18H2,1-4H3,(H,34,35)/b20-11+. The summed E-state index contributed by atoms with van der Waals surface area (Å²) in [6.07, 6.45) is 6.50. The molecule has 1 amide bonds. The van der Waals surface area contributed by atoms with Crippen LogP contribution < -0.4 is 23.7 Å². The number of benzene rings is 2. The lowest BCUT2D eigenvalue weighted by atomic mass is 10.0. The second kappa shape index (κ2) is 12.9. The van der Waals surface area contributed by atoms with Crippen molar-refractivity contribution in [3.05, 3.63) is 59.2 Å².